The summed E-state index contributed by atoms with van der Waals surface area (Å²) in [5.41, 5.74) is -0.472. The monoisotopic (exact) mass is 638 g/mol. The molecule has 3 N–H and O–H groups in total. The zero-order chi connectivity index (χ0) is 31.8. The average Bonchev–Trinajstić information content (AvgIpc) is 3.41. The minimum absolute atomic E-state index is 0.0412. The number of anilines is 3. The van der Waals surface area contributed by atoms with Crippen LogP contribution in [0.1, 0.15) is 36.5 Å². The smallest absolute Gasteiger partial charge is 0.293 e. The number of rotatable bonds is 8. The van der Waals surface area contributed by atoms with Gasteiger partial charge in [-0.2, -0.15) is 4.98 Å². The number of nitro groups is 1. The van der Waals surface area contributed by atoms with Crippen molar-refractivity contribution in [2.45, 2.75) is 42.9 Å². The third-order valence-electron chi connectivity index (χ3n) is 7.97. The zero-order valence-corrected chi connectivity index (χ0v) is 25.1. The number of aromatic nitrogens is 2. The molecule has 6 rings (SSSR count). The largest absolute Gasteiger partial charge is 0.473 e. The Morgan fingerprint density at radius 3 is 2.73 bits per heavy atom. The molecule has 0 aliphatic carbocycles. The molecule has 0 spiro atoms. The Bertz CT molecular complexity index is 1880. The van der Waals surface area contributed by atoms with Gasteiger partial charge in [0.1, 0.15) is 22.7 Å². The van der Waals surface area contributed by atoms with Crippen molar-refractivity contribution in [1.29, 1.82) is 0 Å². The van der Waals surface area contributed by atoms with Crippen molar-refractivity contribution < 1.29 is 32.0 Å². The van der Waals surface area contributed by atoms with Crippen LogP contribution >= 0.6 is 0 Å². The number of nitrogens with one attached hydrogen (secondary N) is 3. The minimum Gasteiger partial charge on any atom is -0.473 e. The molecule has 0 bridgehead atoms. The molecule has 1 amide bonds. The first-order valence-electron chi connectivity index (χ1n) is 14.4. The molecule has 2 aliphatic heterocycles. The van der Waals surface area contributed by atoms with E-state index in [9.17, 15) is 23.3 Å². The Morgan fingerprint density at radius 1 is 1.18 bits per heavy atom. The first kappa shape index (κ1) is 30.3. The van der Waals surface area contributed by atoms with Gasteiger partial charge in [-0.05, 0) is 43.3 Å². The Hall–Kier alpha value is -4.76. The van der Waals surface area contributed by atoms with Gasteiger partial charge in [-0.15, -0.1) is 0 Å². The van der Waals surface area contributed by atoms with Crippen molar-refractivity contribution in [2.24, 2.45) is 0 Å². The topological polar surface area (TPSA) is 169 Å². The summed E-state index contributed by atoms with van der Waals surface area (Å²) in [6.45, 7) is 2.65. The van der Waals surface area contributed by atoms with Gasteiger partial charge in [0.2, 0.25) is 5.88 Å². The van der Waals surface area contributed by atoms with E-state index in [1.165, 1.54) is 12.1 Å². The number of benzene rings is 2. The van der Waals surface area contributed by atoms with E-state index in [2.05, 4.69) is 20.0 Å². The first-order chi connectivity index (χ1) is 21.5. The first-order valence-corrected chi connectivity index (χ1v) is 15.9. The molecule has 1 fully saturated rings. The zero-order valence-electron chi connectivity index (χ0n) is 24.3. The number of pyridine rings is 1. The molecule has 0 radical (unpaired) electrons. The normalized spacial score (nSPS) is 18.0. The van der Waals surface area contributed by atoms with Crippen LogP contribution in [0.3, 0.4) is 0 Å². The SMILES string of the molecule is CC1CCN(c2ccccc2C(=O)NS(=O)(=O)c2ccc(NCC3(F)CCOCC3)c([N+](=O)[O-])c2)c2cc3cc[nH]c3nc2O1. The molecule has 45 heavy (non-hydrogen) atoms. The van der Waals surface area contributed by atoms with E-state index in [4.69, 9.17) is 9.47 Å². The van der Waals surface area contributed by atoms with Crippen molar-refractivity contribution in [2.75, 3.05) is 36.5 Å². The number of nitro benzene ring substituents is 1. The molecule has 1 atom stereocenters. The van der Waals surface area contributed by atoms with Gasteiger partial charge < -0.3 is 24.7 Å². The van der Waals surface area contributed by atoms with Crippen molar-refractivity contribution in [3.8, 4) is 5.88 Å². The summed E-state index contributed by atoms with van der Waals surface area (Å²) in [7, 11) is -4.56. The molecule has 13 nitrogen and oxygen atoms in total. The number of aromatic amines is 1. The average molecular weight is 639 g/mol. The molecule has 15 heteroatoms. The number of para-hydroxylation sites is 1. The summed E-state index contributed by atoms with van der Waals surface area (Å²) in [5, 5.41) is 15.4. The summed E-state index contributed by atoms with van der Waals surface area (Å²) >= 11 is 0. The van der Waals surface area contributed by atoms with Gasteiger partial charge in [-0.1, -0.05) is 12.1 Å². The van der Waals surface area contributed by atoms with Crippen LogP contribution in [0.25, 0.3) is 11.0 Å². The third-order valence-corrected chi connectivity index (χ3v) is 9.30. The highest BCUT2D eigenvalue weighted by Gasteiger charge is 2.33. The van der Waals surface area contributed by atoms with Crippen LogP contribution in [0.4, 0.5) is 27.1 Å². The number of carbonyl (C=O) groups is 1. The van der Waals surface area contributed by atoms with Gasteiger partial charge in [0.25, 0.3) is 21.6 Å². The van der Waals surface area contributed by atoms with E-state index in [1.54, 1.807) is 24.4 Å². The second kappa shape index (κ2) is 12.0. The number of amides is 1. The number of nitrogens with zero attached hydrogens (tertiary/aromatic N) is 3. The number of sulfonamides is 1. The Kier molecular flexibility index (Phi) is 8.05. The van der Waals surface area contributed by atoms with Crippen LogP contribution in [-0.2, 0) is 14.8 Å². The van der Waals surface area contributed by atoms with Gasteiger partial charge in [0.05, 0.1) is 27.2 Å². The Labute approximate surface area is 257 Å². The summed E-state index contributed by atoms with van der Waals surface area (Å²) in [4.78, 5) is 33.7. The fourth-order valence-corrected chi connectivity index (χ4v) is 6.43. The molecule has 4 heterocycles. The van der Waals surface area contributed by atoms with E-state index in [0.29, 0.717) is 35.9 Å². The minimum atomic E-state index is -4.56. The molecule has 2 aliphatic rings. The van der Waals surface area contributed by atoms with E-state index in [1.807, 2.05) is 24.0 Å². The number of hydrogen-bond donors (Lipinski definition) is 3. The van der Waals surface area contributed by atoms with E-state index in [-0.39, 0.29) is 50.0 Å². The Morgan fingerprint density at radius 2 is 1.96 bits per heavy atom. The van der Waals surface area contributed by atoms with Crippen molar-refractivity contribution in [3.63, 3.8) is 0 Å². The fraction of sp³-hybridized carbons (Fsp3) is 0.333. The molecule has 1 saturated heterocycles. The van der Waals surface area contributed by atoms with Crippen LogP contribution < -0.4 is 19.7 Å². The highest BCUT2D eigenvalue weighted by molar-refractivity contribution is 7.90. The van der Waals surface area contributed by atoms with E-state index in [0.717, 1.165) is 17.5 Å². The standard InChI is InChI=1S/C30H31FN6O7S/c1-19-9-13-36(26-16-20-8-12-32-27(20)34-29(26)44-19)24-5-3-2-4-22(24)28(38)35-45(41,42)21-6-7-23(25(17-21)37(39)40)33-18-30(31)10-14-43-15-11-30/h2-8,12,16-17,19,33H,9-11,13-15,18H2,1H3,(H,32,34)(H,35,38). The maximum Gasteiger partial charge on any atom is 0.293 e. The molecular weight excluding hydrogens is 607 g/mol. The predicted molar refractivity (Wildman–Crippen MR) is 164 cm³/mol. The lowest BCUT2D eigenvalue weighted by Crippen LogP contribution is -2.38. The van der Waals surface area contributed by atoms with Crippen LogP contribution in [-0.4, -0.2) is 67.3 Å². The maximum absolute atomic E-state index is 15.0. The van der Waals surface area contributed by atoms with Crippen LogP contribution in [0.5, 0.6) is 5.88 Å². The van der Waals surface area contributed by atoms with Gasteiger partial charge in [0, 0.05) is 63.2 Å². The number of hydrogen-bond acceptors (Lipinski definition) is 10. The second-order valence-corrected chi connectivity index (χ2v) is 12.8. The van der Waals surface area contributed by atoms with Gasteiger partial charge >= 0.3 is 0 Å². The molecule has 236 valence electrons. The van der Waals surface area contributed by atoms with E-state index >= 15 is 4.39 Å². The molecular formula is C30H31FN6O7S. The summed E-state index contributed by atoms with van der Waals surface area (Å²) in [6, 6.07) is 13.4. The quantitative estimate of drug-likeness (QED) is 0.180. The van der Waals surface area contributed by atoms with Gasteiger partial charge in [-0.25, -0.2) is 17.5 Å². The summed E-state index contributed by atoms with van der Waals surface area (Å²) in [6.07, 6.45) is 2.45. The molecule has 2 aromatic heterocycles. The molecule has 4 aromatic rings. The number of halogens is 1. The third kappa shape index (κ3) is 6.26. The van der Waals surface area contributed by atoms with E-state index < -0.39 is 37.1 Å². The second-order valence-electron chi connectivity index (χ2n) is 11.1. The fourth-order valence-electron chi connectivity index (χ4n) is 5.45. The highest BCUT2D eigenvalue weighted by Crippen LogP contribution is 2.39. The Balaban J connectivity index is 1.27. The number of alkyl halides is 1. The van der Waals surface area contributed by atoms with Gasteiger partial charge in [-0.3, -0.25) is 14.9 Å². The van der Waals surface area contributed by atoms with Crippen LogP contribution in [0.15, 0.2) is 65.7 Å². The highest BCUT2D eigenvalue weighted by atomic mass is 32.2. The number of carbonyl (C=O) groups excluding carboxylic acids is 1. The summed E-state index contributed by atoms with van der Waals surface area (Å²) < 4.78 is 55.1. The van der Waals surface area contributed by atoms with Crippen LogP contribution in [0.2, 0.25) is 0 Å². The molecule has 0 saturated carbocycles. The van der Waals surface area contributed by atoms with Crippen LogP contribution in [0, 0.1) is 10.1 Å². The lowest BCUT2D eigenvalue weighted by molar-refractivity contribution is -0.384. The number of H-pyrrole nitrogens is 1. The number of fused-ring (bicyclic) bond motifs is 2. The lowest BCUT2D eigenvalue weighted by atomic mass is 9.96. The molecule has 2 aromatic carbocycles. The van der Waals surface area contributed by atoms with Gasteiger partial charge in [0.15, 0.2) is 0 Å². The number of ether oxygens (including phenoxy) is 2. The summed E-state index contributed by atoms with van der Waals surface area (Å²) in [5.74, 6) is -0.556. The molecule has 1 unspecified atom stereocenters. The van der Waals surface area contributed by atoms with Crippen molar-refractivity contribution >= 4 is 49.7 Å². The predicted octanol–water partition coefficient (Wildman–Crippen LogP) is 4.83. The maximum atomic E-state index is 15.0. The van der Waals surface area contributed by atoms with Crippen molar-refractivity contribution in [3.05, 3.63) is 76.5 Å². The van der Waals surface area contributed by atoms with Crippen molar-refractivity contribution in [1.82, 2.24) is 14.7 Å². The lowest BCUT2D eigenvalue weighted by Gasteiger charge is -2.29.